The second-order valence-corrected chi connectivity index (χ2v) is 12.3. The van der Waals surface area contributed by atoms with E-state index in [0.29, 0.717) is 31.1 Å². The molecule has 0 spiro atoms. The standard InChI is InChI=1S/C23H34N4O3S/c1-22(2,3)30-21(29)27-6-4-17(5-7-27)18(28)24-20-26-25-19(31-20)23-11-14-8-15(12-23)10-16(9-14)13-23/h14-17H,4-13H2,1-3H3,(H,24,26,28). The summed E-state index contributed by atoms with van der Waals surface area (Å²) in [6.07, 6.45) is 8.98. The van der Waals surface area contributed by atoms with Gasteiger partial charge in [0.25, 0.3) is 0 Å². The molecule has 1 aliphatic heterocycles. The van der Waals surface area contributed by atoms with Gasteiger partial charge >= 0.3 is 6.09 Å². The third kappa shape index (κ3) is 4.32. The largest absolute Gasteiger partial charge is 0.444 e. The highest BCUT2D eigenvalue weighted by molar-refractivity contribution is 7.15. The Morgan fingerprint density at radius 2 is 1.61 bits per heavy atom. The molecule has 0 unspecified atom stereocenters. The van der Waals surface area contributed by atoms with Crippen molar-refractivity contribution in [2.45, 2.75) is 83.2 Å². The Morgan fingerprint density at radius 3 is 2.16 bits per heavy atom. The van der Waals surface area contributed by atoms with E-state index in [1.54, 1.807) is 16.2 Å². The van der Waals surface area contributed by atoms with Gasteiger partial charge in [0.15, 0.2) is 0 Å². The molecule has 4 saturated carbocycles. The number of rotatable bonds is 3. The van der Waals surface area contributed by atoms with Gasteiger partial charge in [-0.15, -0.1) is 10.2 Å². The zero-order valence-corrected chi connectivity index (χ0v) is 19.7. The molecular weight excluding hydrogens is 412 g/mol. The van der Waals surface area contributed by atoms with Crippen molar-refractivity contribution in [2.75, 3.05) is 18.4 Å². The van der Waals surface area contributed by atoms with E-state index in [9.17, 15) is 9.59 Å². The van der Waals surface area contributed by atoms with E-state index >= 15 is 0 Å². The quantitative estimate of drug-likeness (QED) is 0.734. The van der Waals surface area contributed by atoms with E-state index in [1.807, 2.05) is 20.8 Å². The van der Waals surface area contributed by atoms with Gasteiger partial charge < -0.3 is 15.0 Å². The fraction of sp³-hybridized carbons (Fsp3) is 0.826. The van der Waals surface area contributed by atoms with Gasteiger partial charge in [-0.25, -0.2) is 4.79 Å². The summed E-state index contributed by atoms with van der Waals surface area (Å²) in [5.74, 6) is 2.48. The van der Waals surface area contributed by atoms with Crippen molar-refractivity contribution in [3.63, 3.8) is 0 Å². The number of piperidine rings is 1. The Morgan fingerprint density at radius 1 is 1.03 bits per heavy atom. The monoisotopic (exact) mass is 446 g/mol. The number of hydrogen-bond donors (Lipinski definition) is 1. The van der Waals surface area contributed by atoms with Crippen LogP contribution in [0.25, 0.3) is 0 Å². The third-order valence-electron chi connectivity index (χ3n) is 7.66. The molecular formula is C23H34N4O3S. The number of nitrogens with zero attached hydrogens (tertiary/aromatic N) is 3. The van der Waals surface area contributed by atoms with Crippen LogP contribution in [0.1, 0.15) is 77.1 Å². The lowest BCUT2D eigenvalue weighted by molar-refractivity contribution is -0.121. The van der Waals surface area contributed by atoms with Gasteiger partial charge in [0.05, 0.1) is 0 Å². The van der Waals surface area contributed by atoms with Gasteiger partial charge in [0.1, 0.15) is 10.6 Å². The molecule has 4 aliphatic carbocycles. The normalized spacial score (nSPS) is 32.9. The Kier molecular flexibility index (Phi) is 5.26. The first kappa shape index (κ1) is 21.2. The summed E-state index contributed by atoms with van der Waals surface area (Å²) in [5.41, 5.74) is -0.286. The molecule has 1 saturated heterocycles. The lowest BCUT2D eigenvalue weighted by atomic mass is 9.50. The molecule has 2 heterocycles. The summed E-state index contributed by atoms with van der Waals surface area (Å²) in [7, 11) is 0. The maximum atomic E-state index is 12.8. The van der Waals surface area contributed by atoms with Crippen LogP contribution in [-0.2, 0) is 14.9 Å². The molecule has 31 heavy (non-hydrogen) atoms. The van der Waals surface area contributed by atoms with E-state index in [-0.39, 0.29) is 23.3 Å². The molecule has 5 fully saturated rings. The number of ether oxygens (including phenoxy) is 1. The van der Waals surface area contributed by atoms with Crippen LogP contribution in [0.15, 0.2) is 0 Å². The first-order valence-electron chi connectivity index (χ1n) is 11.8. The van der Waals surface area contributed by atoms with Crippen LogP contribution in [0.5, 0.6) is 0 Å². The highest BCUT2D eigenvalue weighted by Crippen LogP contribution is 2.61. The van der Waals surface area contributed by atoms with Crippen molar-refractivity contribution in [1.82, 2.24) is 15.1 Å². The Hall–Kier alpha value is -1.70. The number of anilines is 1. The molecule has 6 rings (SSSR count). The summed E-state index contributed by atoms with van der Waals surface area (Å²) >= 11 is 1.59. The zero-order valence-electron chi connectivity index (χ0n) is 18.9. The molecule has 0 atom stereocenters. The van der Waals surface area contributed by atoms with Crippen molar-refractivity contribution >= 4 is 28.5 Å². The maximum Gasteiger partial charge on any atom is 0.410 e. The topological polar surface area (TPSA) is 84.4 Å². The number of nitrogens with one attached hydrogen (secondary N) is 1. The van der Waals surface area contributed by atoms with Crippen LogP contribution >= 0.6 is 11.3 Å². The van der Waals surface area contributed by atoms with E-state index < -0.39 is 5.60 Å². The minimum atomic E-state index is -0.502. The molecule has 4 bridgehead atoms. The highest BCUT2D eigenvalue weighted by atomic mass is 32.1. The molecule has 5 aliphatic rings. The van der Waals surface area contributed by atoms with Gasteiger partial charge in [-0.2, -0.15) is 0 Å². The van der Waals surface area contributed by atoms with Gasteiger partial charge in [0, 0.05) is 24.4 Å². The van der Waals surface area contributed by atoms with E-state index in [0.717, 1.165) is 22.8 Å². The van der Waals surface area contributed by atoms with Crippen LogP contribution < -0.4 is 5.32 Å². The second-order valence-electron chi connectivity index (χ2n) is 11.3. The van der Waals surface area contributed by atoms with Crippen LogP contribution in [-0.4, -0.2) is 45.8 Å². The molecule has 7 nitrogen and oxygen atoms in total. The van der Waals surface area contributed by atoms with E-state index in [2.05, 4.69) is 15.5 Å². The number of carbonyl (C=O) groups excluding carboxylic acids is 2. The first-order chi connectivity index (χ1) is 14.7. The van der Waals surface area contributed by atoms with Crippen LogP contribution in [0.3, 0.4) is 0 Å². The van der Waals surface area contributed by atoms with Gasteiger partial charge in [0.2, 0.25) is 11.0 Å². The number of hydrogen-bond acceptors (Lipinski definition) is 6. The minimum Gasteiger partial charge on any atom is -0.444 e. The number of amides is 2. The van der Waals surface area contributed by atoms with Crippen LogP contribution in [0.2, 0.25) is 0 Å². The van der Waals surface area contributed by atoms with Crippen molar-refractivity contribution in [2.24, 2.45) is 23.7 Å². The Balaban J connectivity index is 1.17. The summed E-state index contributed by atoms with van der Waals surface area (Å²) in [5, 5.41) is 13.7. The minimum absolute atomic E-state index is 0.00273. The van der Waals surface area contributed by atoms with Crippen molar-refractivity contribution in [3.8, 4) is 0 Å². The predicted octanol–water partition coefficient (Wildman–Crippen LogP) is 4.59. The Labute approximate surface area is 188 Å². The SMILES string of the molecule is CC(C)(C)OC(=O)N1CCC(C(=O)Nc2nnc(C34CC5CC(CC(C5)C3)C4)s2)CC1. The fourth-order valence-corrected chi connectivity index (χ4v) is 7.68. The smallest absolute Gasteiger partial charge is 0.410 e. The summed E-state index contributed by atoms with van der Waals surface area (Å²) in [6.45, 7) is 6.68. The number of likely N-dealkylation sites (tertiary alicyclic amines) is 1. The molecule has 2 amide bonds. The molecule has 1 aromatic rings. The van der Waals surface area contributed by atoms with E-state index in [1.165, 1.54) is 38.5 Å². The molecule has 0 radical (unpaired) electrons. The van der Waals surface area contributed by atoms with E-state index in [4.69, 9.17) is 4.74 Å². The third-order valence-corrected chi connectivity index (χ3v) is 8.75. The summed E-state index contributed by atoms with van der Waals surface area (Å²) in [6, 6.07) is 0. The average Bonchev–Trinajstić information content (AvgIpc) is 3.15. The van der Waals surface area contributed by atoms with Gasteiger partial charge in [-0.1, -0.05) is 11.3 Å². The van der Waals surface area contributed by atoms with Crippen LogP contribution in [0.4, 0.5) is 9.93 Å². The zero-order chi connectivity index (χ0) is 21.8. The molecule has 0 aromatic carbocycles. The highest BCUT2D eigenvalue weighted by Gasteiger charge is 2.53. The predicted molar refractivity (Wildman–Crippen MR) is 119 cm³/mol. The molecule has 1 aromatic heterocycles. The molecule has 1 N–H and O–H groups in total. The van der Waals surface area contributed by atoms with Crippen molar-refractivity contribution < 1.29 is 14.3 Å². The van der Waals surface area contributed by atoms with Crippen molar-refractivity contribution in [3.05, 3.63) is 5.01 Å². The Bertz CT molecular complexity index is 818. The average molecular weight is 447 g/mol. The second kappa shape index (κ2) is 7.71. The lowest BCUT2D eigenvalue weighted by Crippen LogP contribution is -2.48. The molecule has 170 valence electrons. The van der Waals surface area contributed by atoms with Crippen molar-refractivity contribution in [1.29, 1.82) is 0 Å². The van der Waals surface area contributed by atoms with Gasteiger partial charge in [-0.05, 0) is 89.9 Å². The summed E-state index contributed by atoms with van der Waals surface area (Å²) < 4.78 is 5.44. The van der Waals surface area contributed by atoms with Crippen LogP contribution in [0, 0.1) is 23.7 Å². The fourth-order valence-electron chi connectivity index (χ4n) is 6.72. The number of carbonyl (C=O) groups is 2. The summed E-state index contributed by atoms with van der Waals surface area (Å²) in [4.78, 5) is 26.8. The number of aromatic nitrogens is 2. The lowest BCUT2D eigenvalue weighted by Gasteiger charge is -2.55. The maximum absolute atomic E-state index is 12.8. The van der Waals surface area contributed by atoms with Gasteiger partial charge in [-0.3, -0.25) is 4.79 Å². The molecule has 8 heteroatoms. The first-order valence-corrected chi connectivity index (χ1v) is 12.6.